The number of aryl methyl sites for hydroxylation is 4. The lowest BCUT2D eigenvalue weighted by Gasteiger charge is -2.15. The molecule has 174 valence electrons. The van der Waals surface area contributed by atoms with Gasteiger partial charge in [0.05, 0.1) is 18.9 Å². The number of hydrogen-bond acceptors (Lipinski definition) is 5. The average Bonchev–Trinajstić information content (AvgIpc) is 2.74. The van der Waals surface area contributed by atoms with Crippen LogP contribution in [0, 0.1) is 27.7 Å². The number of ether oxygens (including phenoxy) is 3. The molecule has 0 heterocycles. The molecule has 2 aromatic rings. The summed E-state index contributed by atoms with van der Waals surface area (Å²) in [6.07, 6.45) is 5.82. The highest BCUT2D eigenvalue weighted by molar-refractivity contribution is 6.00. The van der Waals surface area contributed by atoms with Crippen LogP contribution in [0.25, 0.3) is 0 Å². The molecular weight excluding hydrogens is 402 g/mol. The van der Waals surface area contributed by atoms with Gasteiger partial charge in [-0.1, -0.05) is 17.3 Å². The summed E-state index contributed by atoms with van der Waals surface area (Å²) >= 11 is 0. The normalized spacial score (nSPS) is 11.7. The smallest absolute Gasteiger partial charge is 0.125 e. The van der Waals surface area contributed by atoms with E-state index in [1.165, 1.54) is 0 Å². The van der Waals surface area contributed by atoms with Gasteiger partial charge in [0.15, 0.2) is 0 Å². The van der Waals surface area contributed by atoms with Crippen LogP contribution in [0.3, 0.4) is 0 Å². The summed E-state index contributed by atoms with van der Waals surface area (Å²) in [5.41, 5.74) is 6.34. The molecule has 0 bridgehead atoms. The van der Waals surface area contributed by atoms with Crippen LogP contribution >= 0.6 is 0 Å². The SMILES string of the molecule is C/C=C/COc1cc(C)c(OCCCCOc2cc(C)c(C(C)=NOC)cc2C)c(C)c1. The minimum absolute atomic E-state index is 0.581. The highest BCUT2D eigenvalue weighted by Gasteiger charge is 2.10. The third-order valence-corrected chi connectivity index (χ3v) is 5.20. The van der Waals surface area contributed by atoms with Gasteiger partial charge in [0.2, 0.25) is 0 Å². The fourth-order valence-corrected chi connectivity index (χ4v) is 3.54. The number of unbranched alkanes of at least 4 members (excludes halogenated alkanes) is 1. The Morgan fingerprint density at radius 1 is 0.844 bits per heavy atom. The standard InChI is InChI=1S/C27H37NO4/c1-8-9-12-30-24-15-21(4)27(22(5)16-24)32-14-11-10-13-31-26-18-19(2)25(17-20(26)3)23(6)28-29-7/h8-9,15-18H,10-14H2,1-7H3/b9-8+,28-23?. The van der Waals surface area contributed by atoms with Crippen LogP contribution < -0.4 is 14.2 Å². The van der Waals surface area contributed by atoms with Crippen LogP contribution in [0.1, 0.15) is 54.5 Å². The number of allylic oxidation sites excluding steroid dienone is 1. The second-order valence-corrected chi connectivity index (χ2v) is 7.96. The van der Waals surface area contributed by atoms with Gasteiger partial charge in [-0.15, -0.1) is 0 Å². The van der Waals surface area contributed by atoms with Crippen molar-refractivity contribution < 1.29 is 19.0 Å². The van der Waals surface area contributed by atoms with Gasteiger partial charge in [-0.25, -0.2) is 0 Å². The number of oxime groups is 1. The number of nitrogens with zero attached hydrogens (tertiary/aromatic N) is 1. The minimum atomic E-state index is 0.581. The first kappa shape index (κ1) is 25.3. The van der Waals surface area contributed by atoms with Crippen LogP contribution in [0.5, 0.6) is 17.2 Å². The molecule has 0 radical (unpaired) electrons. The van der Waals surface area contributed by atoms with E-state index in [9.17, 15) is 0 Å². The lowest BCUT2D eigenvalue weighted by atomic mass is 10.0. The Hall–Kier alpha value is -2.95. The second kappa shape index (κ2) is 12.8. The number of benzene rings is 2. The van der Waals surface area contributed by atoms with Gasteiger partial charge in [-0.05, 0) is 101 Å². The third-order valence-electron chi connectivity index (χ3n) is 5.20. The molecule has 0 aromatic heterocycles. The summed E-state index contributed by atoms with van der Waals surface area (Å²) in [5.74, 6) is 2.73. The van der Waals surface area contributed by atoms with E-state index >= 15 is 0 Å². The quantitative estimate of drug-likeness (QED) is 0.164. The maximum Gasteiger partial charge on any atom is 0.125 e. The van der Waals surface area contributed by atoms with Crippen molar-refractivity contribution in [3.63, 3.8) is 0 Å². The number of hydrogen-bond donors (Lipinski definition) is 0. The summed E-state index contributed by atoms with van der Waals surface area (Å²) in [7, 11) is 1.56. The molecule has 0 fully saturated rings. The predicted molar refractivity (Wildman–Crippen MR) is 132 cm³/mol. The molecule has 0 N–H and O–H groups in total. The van der Waals surface area contributed by atoms with Crippen LogP contribution in [-0.4, -0.2) is 32.6 Å². The molecule has 0 spiro atoms. The highest BCUT2D eigenvalue weighted by atomic mass is 16.6. The van der Waals surface area contributed by atoms with E-state index in [4.69, 9.17) is 19.0 Å². The Morgan fingerprint density at radius 2 is 1.50 bits per heavy atom. The Morgan fingerprint density at radius 3 is 2.12 bits per heavy atom. The van der Waals surface area contributed by atoms with E-state index in [1.54, 1.807) is 7.11 Å². The fraction of sp³-hybridized carbons (Fsp3) is 0.444. The first-order chi connectivity index (χ1) is 15.4. The molecule has 2 rings (SSSR count). The van der Waals surface area contributed by atoms with Crippen molar-refractivity contribution in [1.82, 2.24) is 0 Å². The summed E-state index contributed by atoms with van der Waals surface area (Å²) in [6, 6.07) is 8.23. The van der Waals surface area contributed by atoms with E-state index in [2.05, 4.69) is 45.0 Å². The lowest BCUT2D eigenvalue weighted by molar-refractivity contribution is 0.213. The van der Waals surface area contributed by atoms with Crippen LogP contribution in [0.2, 0.25) is 0 Å². The van der Waals surface area contributed by atoms with E-state index in [-0.39, 0.29) is 0 Å². The van der Waals surface area contributed by atoms with Crippen molar-refractivity contribution in [1.29, 1.82) is 0 Å². The molecule has 0 aliphatic heterocycles. The van der Waals surface area contributed by atoms with Gasteiger partial charge < -0.3 is 19.0 Å². The zero-order valence-electron chi connectivity index (χ0n) is 20.6. The predicted octanol–water partition coefficient (Wildman–Crippen LogP) is 6.48. The van der Waals surface area contributed by atoms with Crippen molar-refractivity contribution in [2.75, 3.05) is 26.9 Å². The minimum Gasteiger partial charge on any atom is -0.493 e. The maximum atomic E-state index is 6.06. The zero-order valence-corrected chi connectivity index (χ0v) is 20.6. The summed E-state index contributed by atoms with van der Waals surface area (Å²) in [4.78, 5) is 4.89. The van der Waals surface area contributed by atoms with E-state index in [0.29, 0.717) is 19.8 Å². The second-order valence-electron chi connectivity index (χ2n) is 7.96. The summed E-state index contributed by atoms with van der Waals surface area (Å²) < 4.78 is 17.8. The largest absolute Gasteiger partial charge is 0.493 e. The van der Waals surface area contributed by atoms with Crippen molar-refractivity contribution in [3.8, 4) is 17.2 Å². The molecule has 0 atom stereocenters. The van der Waals surface area contributed by atoms with E-state index in [1.807, 2.05) is 38.1 Å². The average molecular weight is 440 g/mol. The monoisotopic (exact) mass is 439 g/mol. The molecule has 0 aliphatic carbocycles. The van der Waals surface area contributed by atoms with Crippen LogP contribution in [0.4, 0.5) is 0 Å². The highest BCUT2D eigenvalue weighted by Crippen LogP contribution is 2.29. The van der Waals surface area contributed by atoms with Crippen molar-refractivity contribution >= 4 is 5.71 Å². The van der Waals surface area contributed by atoms with Crippen molar-refractivity contribution in [3.05, 3.63) is 64.2 Å². The Bertz CT molecular complexity index is 924. The Balaban J connectivity index is 1.81. The maximum absolute atomic E-state index is 6.06. The molecule has 2 aromatic carbocycles. The van der Waals surface area contributed by atoms with Gasteiger partial charge in [-0.3, -0.25) is 0 Å². The molecule has 32 heavy (non-hydrogen) atoms. The van der Waals surface area contributed by atoms with Crippen molar-refractivity contribution in [2.24, 2.45) is 5.16 Å². The molecule has 0 saturated heterocycles. The van der Waals surface area contributed by atoms with E-state index in [0.717, 1.165) is 63.6 Å². The first-order valence-corrected chi connectivity index (χ1v) is 11.2. The Kier molecular flexibility index (Phi) is 10.1. The first-order valence-electron chi connectivity index (χ1n) is 11.2. The molecule has 0 amide bonds. The summed E-state index contributed by atoms with van der Waals surface area (Å²) in [5, 5.41) is 4.03. The molecule has 0 saturated carbocycles. The van der Waals surface area contributed by atoms with Crippen molar-refractivity contribution in [2.45, 2.75) is 54.4 Å². The van der Waals surface area contributed by atoms with Gasteiger partial charge in [-0.2, -0.15) is 0 Å². The third kappa shape index (κ3) is 7.33. The molecule has 0 aliphatic rings. The molecule has 0 unspecified atom stereocenters. The fourth-order valence-electron chi connectivity index (χ4n) is 3.54. The molecule has 5 heteroatoms. The van der Waals surface area contributed by atoms with Gasteiger partial charge >= 0.3 is 0 Å². The van der Waals surface area contributed by atoms with Gasteiger partial charge in [0.25, 0.3) is 0 Å². The molecular formula is C27H37NO4. The van der Waals surface area contributed by atoms with Gasteiger partial charge in [0, 0.05) is 5.56 Å². The van der Waals surface area contributed by atoms with Gasteiger partial charge in [0.1, 0.15) is 31.0 Å². The number of rotatable bonds is 12. The van der Waals surface area contributed by atoms with Crippen LogP contribution in [-0.2, 0) is 4.84 Å². The Labute approximate surface area is 193 Å². The zero-order chi connectivity index (χ0) is 23.5. The topological polar surface area (TPSA) is 49.3 Å². The summed E-state index contributed by atoms with van der Waals surface area (Å²) in [6.45, 7) is 14.1. The van der Waals surface area contributed by atoms with Crippen LogP contribution in [0.15, 0.2) is 41.6 Å². The molecule has 5 nitrogen and oxygen atoms in total. The van der Waals surface area contributed by atoms with E-state index < -0.39 is 0 Å². The lowest BCUT2D eigenvalue weighted by Crippen LogP contribution is -2.06.